The number of Topliss-reactive ketones (excluding diaryl/α,β-unsaturated/α-hetero) is 1. The molecule has 0 aliphatic carbocycles. The number of benzene rings is 1. The third-order valence-electron chi connectivity index (χ3n) is 3.10. The van der Waals surface area contributed by atoms with Crippen LogP contribution in [0.2, 0.25) is 0 Å². The maximum atomic E-state index is 12.0. The second-order valence-corrected chi connectivity index (χ2v) is 4.25. The largest absolute Gasteiger partial charge is 0.486 e. The van der Waals surface area contributed by atoms with E-state index in [0.29, 0.717) is 35.8 Å². The van der Waals surface area contributed by atoms with Gasteiger partial charge in [-0.1, -0.05) is 0 Å². The quantitative estimate of drug-likeness (QED) is 0.473. The van der Waals surface area contributed by atoms with Crippen molar-refractivity contribution >= 4 is 11.8 Å². The topological polar surface area (TPSA) is 61.8 Å². The molecule has 0 radical (unpaired) electrons. The summed E-state index contributed by atoms with van der Waals surface area (Å²) in [4.78, 5) is 23.6. The fraction of sp³-hybridized carbons (Fsp3) is 0.429. The molecule has 19 heavy (non-hydrogen) atoms. The van der Waals surface area contributed by atoms with Crippen LogP contribution in [-0.2, 0) is 9.53 Å². The summed E-state index contributed by atoms with van der Waals surface area (Å²) in [5.74, 6) is -0.354. The monoisotopic (exact) mass is 264 g/mol. The molecule has 0 saturated carbocycles. The molecular weight excluding hydrogens is 248 g/mol. The molecular formula is C14H16O5. The first-order valence-electron chi connectivity index (χ1n) is 6.17. The lowest BCUT2D eigenvalue weighted by molar-refractivity contribution is -0.137. The van der Waals surface area contributed by atoms with Crippen molar-refractivity contribution in [1.29, 1.82) is 0 Å². The van der Waals surface area contributed by atoms with E-state index in [4.69, 9.17) is 14.2 Å². The Morgan fingerprint density at radius 1 is 1.21 bits per heavy atom. The van der Waals surface area contributed by atoms with Gasteiger partial charge in [0.25, 0.3) is 5.78 Å². The van der Waals surface area contributed by atoms with Gasteiger partial charge in [0, 0.05) is 5.56 Å². The van der Waals surface area contributed by atoms with E-state index in [1.807, 2.05) is 6.92 Å². The molecule has 1 aromatic carbocycles. The van der Waals surface area contributed by atoms with Crippen LogP contribution in [0.3, 0.4) is 0 Å². The van der Waals surface area contributed by atoms with Crippen LogP contribution in [0.15, 0.2) is 6.07 Å². The molecule has 1 aromatic rings. The van der Waals surface area contributed by atoms with Crippen LogP contribution in [0.1, 0.15) is 28.4 Å². The number of ether oxygens (including phenoxy) is 3. The molecule has 2 rings (SSSR count). The number of carbonyl (C=O) groups excluding carboxylic acids is 2. The summed E-state index contributed by atoms with van der Waals surface area (Å²) in [6.45, 7) is 6.37. The summed E-state index contributed by atoms with van der Waals surface area (Å²) in [5.41, 5.74) is 1.83. The third-order valence-corrected chi connectivity index (χ3v) is 3.10. The molecule has 0 N–H and O–H groups in total. The lowest BCUT2D eigenvalue weighted by atomic mass is 9.98. The Labute approximate surface area is 111 Å². The van der Waals surface area contributed by atoms with Crippen molar-refractivity contribution < 1.29 is 23.8 Å². The molecule has 102 valence electrons. The first kappa shape index (κ1) is 13.4. The zero-order valence-electron chi connectivity index (χ0n) is 11.2. The zero-order chi connectivity index (χ0) is 14.0. The molecule has 5 nitrogen and oxygen atoms in total. The molecule has 1 aliphatic heterocycles. The van der Waals surface area contributed by atoms with Crippen LogP contribution < -0.4 is 9.47 Å². The van der Waals surface area contributed by atoms with Crippen molar-refractivity contribution in [3.05, 3.63) is 22.8 Å². The van der Waals surface area contributed by atoms with E-state index >= 15 is 0 Å². The lowest BCUT2D eigenvalue weighted by Crippen LogP contribution is -2.21. The van der Waals surface area contributed by atoms with Crippen molar-refractivity contribution in [3.8, 4) is 11.5 Å². The second kappa shape index (κ2) is 5.30. The summed E-state index contributed by atoms with van der Waals surface area (Å²) >= 11 is 0. The Kier molecular flexibility index (Phi) is 3.74. The molecule has 0 aromatic heterocycles. The maximum Gasteiger partial charge on any atom is 0.379 e. The van der Waals surface area contributed by atoms with Crippen LogP contribution in [-0.4, -0.2) is 31.6 Å². The van der Waals surface area contributed by atoms with Crippen LogP contribution in [0, 0.1) is 13.8 Å². The normalized spacial score (nSPS) is 13.0. The lowest BCUT2D eigenvalue weighted by Gasteiger charge is -2.22. The Hall–Kier alpha value is -2.04. The Morgan fingerprint density at radius 2 is 1.89 bits per heavy atom. The van der Waals surface area contributed by atoms with Crippen molar-refractivity contribution in [2.24, 2.45) is 0 Å². The Balaban J connectivity index is 2.44. The molecule has 5 heteroatoms. The maximum absolute atomic E-state index is 12.0. The van der Waals surface area contributed by atoms with Crippen LogP contribution in [0.5, 0.6) is 11.5 Å². The standard InChI is InChI=1S/C14H16O5/c1-4-17-14(16)12(15)10-7-11-13(9(3)8(10)2)19-6-5-18-11/h7H,4-6H2,1-3H3. The van der Waals surface area contributed by atoms with Crippen LogP contribution in [0.4, 0.5) is 0 Å². The number of rotatable bonds is 3. The van der Waals surface area contributed by atoms with Crippen molar-refractivity contribution in [2.75, 3.05) is 19.8 Å². The van der Waals surface area contributed by atoms with E-state index < -0.39 is 11.8 Å². The van der Waals surface area contributed by atoms with Gasteiger partial charge in [-0.2, -0.15) is 0 Å². The second-order valence-electron chi connectivity index (χ2n) is 4.25. The average molecular weight is 264 g/mol. The van der Waals surface area contributed by atoms with E-state index in [1.54, 1.807) is 19.9 Å². The van der Waals surface area contributed by atoms with E-state index in [-0.39, 0.29) is 6.61 Å². The first-order valence-corrected chi connectivity index (χ1v) is 6.17. The number of hydrogen-bond acceptors (Lipinski definition) is 5. The van der Waals surface area contributed by atoms with Gasteiger partial charge in [0.2, 0.25) is 0 Å². The van der Waals surface area contributed by atoms with Gasteiger partial charge in [0.1, 0.15) is 13.2 Å². The van der Waals surface area contributed by atoms with Gasteiger partial charge in [-0.3, -0.25) is 4.79 Å². The van der Waals surface area contributed by atoms with Gasteiger partial charge < -0.3 is 14.2 Å². The van der Waals surface area contributed by atoms with Gasteiger partial charge in [-0.05, 0) is 38.0 Å². The van der Waals surface area contributed by atoms with Gasteiger partial charge >= 0.3 is 5.97 Å². The van der Waals surface area contributed by atoms with E-state index in [1.165, 1.54) is 0 Å². The molecule has 0 amide bonds. The minimum absolute atomic E-state index is 0.174. The summed E-state index contributed by atoms with van der Waals surface area (Å²) in [6, 6.07) is 1.55. The molecule has 0 unspecified atom stereocenters. The molecule has 0 bridgehead atoms. The number of carbonyl (C=O) groups is 2. The fourth-order valence-corrected chi connectivity index (χ4v) is 1.99. The zero-order valence-corrected chi connectivity index (χ0v) is 11.2. The van der Waals surface area contributed by atoms with E-state index in [0.717, 1.165) is 5.56 Å². The molecule has 1 heterocycles. The van der Waals surface area contributed by atoms with Gasteiger partial charge in [0.05, 0.1) is 6.61 Å². The first-order chi connectivity index (χ1) is 9.06. The van der Waals surface area contributed by atoms with Crippen molar-refractivity contribution in [1.82, 2.24) is 0 Å². The minimum Gasteiger partial charge on any atom is -0.486 e. The summed E-state index contributed by atoms with van der Waals surface area (Å²) in [6.07, 6.45) is 0. The minimum atomic E-state index is -0.846. The summed E-state index contributed by atoms with van der Waals surface area (Å²) < 4.78 is 15.7. The Bertz CT molecular complexity index is 533. The van der Waals surface area contributed by atoms with E-state index in [2.05, 4.69) is 0 Å². The highest BCUT2D eigenvalue weighted by Crippen LogP contribution is 2.37. The van der Waals surface area contributed by atoms with Gasteiger partial charge in [-0.25, -0.2) is 4.79 Å². The van der Waals surface area contributed by atoms with Gasteiger partial charge in [-0.15, -0.1) is 0 Å². The predicted octanol–water partition coefficient (Wildman–Crippen LogP) is 1.82. The third kappa shape index (κ3) is 2.41. The number of esters is 1. The SMILES string of the molecule is CCOC(=O)C(=O)c1cc2c(c(C)c1C)OCCO2. The number of ketones is 1. The molecule has 1 aliphatic rings. The van der Waals surface area contributed by atoms with E-state index in [9.17, 15) is 9.59 Å². The average Bonchev–Trinajstić information content (AvgIpc) is 2.42. The molecule has 0 saturated heterocycles. The van der Waals surface area contributed by atoms with Crippen LogP contribution >= 0.6 is 0 Å². The Morgan fingerprint density at radius 3 is 2.58 bits per heavy atom. The summed E-state index contributed by atoms with van der Waals surface area (Å²) in [5, 5.41) is 0. The van der Waals surface area contributed by atoms with Gasteiger partial charge in [0.15, 0.2) is 11.5 Å². The number of fused-ring (bicyclic) bond motifs is 1. The van der Waals surface area contributed by atoms with Crippen molar-refractivity contribution in [3.63, 3.8) is 0 Å². The van der Waals surface area contributed by atoms with Crippen LogP contribution in [0.25, 0.3) is 0 Å². The fourth-order valence-electron chi connectivity index (χ4n) is 1.99. The highest BCUT2D eigenvalue weighted by Gasteiger charge is 2.25. The molecule has 0 atom stereocenters. The number of hydrogen-bond donors (Lipinski definition) is 0. The molecule has 0 spiro atoms. The molecule has 0 fully saturated rings. The highest BCUT2D eigenvalue weighted by molar-refractivity contribution is 6.41. The predicted molar refractivity (Wildman–Crippen MR) is 67.9 cm³/mol. The summed E-state index contributed by atoms with van der Waals surface area (Å²) in [7, 11) is 0. The van der Waals surface area contributed by atoms with Crippen molar-refractivity contribution in [2.45, 2.75) is 20.8 Å². The smallest absolute Gasteiger partial charge is 0.379 e. The highest BCUT2D eigenvalue weighted by atomic mass is 16.6.